The van der Waals surface area contributed by atoms with Crippen LogP contribution in [-0.4, -0.2) is 36.8 Å². The number of carbonyl (C=O) groups excluding carboxylic acids is 1. The van der Waals surface area contributed by atoms with Gasteiger partial charge in [-0.3, -0.25) is 4.79 Å². The summed E-state index contributed by atoms with van der Waals surface area (Å²) in [6.07, 6.45) is -0.823. The van der Waals surface area contributed by atoms with Crippen molar-refractivity contribution in [3.8, 4) is 0 Å². The second-order valence-electron chi connectivity index (χ2n) is 2.76. The summed E-state index contributed by atoms with van der Waals surface area (Å²) in [5.41, 5.74) is 0. The summed E-state index contributed by atoms with van der Waals surface area (Å²) in [6, 6.07) is 0. The number of likely N-dealkylation sites (N-methyl/N-ethyl adjacent to an activating group) is 1. The molecule has 0 radical (unpaired) electrons. The molecule has 0 aromatic carbocycles. The van der Waals surface area contributed by atoms with Crippen LogP contribution in [-0.2, 0) is 4.79 Å². The Kier molecular flexibility index (Phi) is 2.84. The summed E-state index contributed by atoms with van der Waals surface area (Å²) in [5.74, 6) is -0.138. The van der Waals surface area contributed by atoms with Crippen LogP contribution in [0.1, 0.15) is 6.92 Å². The minimum atomic E-state index is -0.823. The highest BCUT2D eigenvalue weighted by molar-refractivity contribution is 5.80. The van der Waals surface area contributed by atoms with E-state index in [0.29, 0.717) is 6.54 Å². The standard InChI is InChI=1S/C7H14N2O2/c1-2-9-7(11)6(10)5-3-8-4-5/h5-6,8,10H,2-4H2,1H3,(H,9,11). The van der Waals surface area contributed by atoms with E-state index in [-0.39, 0.29) is 11.8 Å². The van der Waals surface area contributed by atoms with Crippen LogP contribution >= 0.6 is 0 Å². The molecule has 1 rings (SSSR count). The van der Waals surface area contributed by atoms with Crippen molar-refractivity contribution in [2.45, 2.75) is 13.0 Å². The van der Waals surface area contributed by atoms with Crippen molar-refractivity contribution in [2.24, 2.45) is 5.92 Å². The van der Waals surface area contributed by atoms with Gasteiger partial charge < -0.3 is 15.7 Å². The molecule has 1 atom stereocenters. The molecule has 0 saturated carbocycles. The monoisotopic (exact) mass is 158 g/mol. The number of carbonyl (C=O) groups is 1. The van der Waals surface area contributed by atoms with Crippen molar-refractivity contribution in [3.05, 3.63) is 0 Å². The van der Waals surface area contributed by atoms with Gasteiger partial charge in [0.2, 0.25) is 5.91 Å². The molecule has 1 aliphatic heterocycles. The van der Waals surface area contributed by atoms with E-state index in [2.05, 4.69) is 10.6 Å². The molecule has 1 heterocycles. The minimum absolute atomic E-state index is 0.113. The molecule has 64 valence electrons. The predicted octanol–water partition coefficient (Wildman–Crippen LogP) is -1.30. The zero-order valence-corrected chi connectivity index (χ0v) is 6.63. The Morgan fingerprint density at radius 1 is 1.82 bits per heavy atom. The molecule has 1 aliphatic rings. The number of nitrogens with one attached hydrogen (secondary N) is 2. The van der Waals surface area contributed by atoms with E-state index in [9.17, 15) is 9.90 Å². The van der Waals surface area contributed by atoms with E-state index >= 15 is 0 Å². The lowest BCUT2D eigenvalue weighted by Crippen LogP contribution is -2.53. The molecule has 11 heavy (non-hydrogen) atoms. The van der Waals surface area contributed by atoms with E-state index in [4.69, 9.17) is 0 Å². The summed E-state index contributed by atoms with van der Waals surface area (Å²) < 4.78 is 0. The zero-order valence-electron chi connectivity index (χ0n) is 6.63. The Labute approximate surface area is 66.0 Å². The molecular formula is C7H14N2O2. The SMILES string of the molecule is CCNC(=O)C(O)C1CNC1. The summed E-state index contributed by atoms with van der Waals surface area (Å²) in [5, 5.41) is 14.9. The van der Waals surface area contributed by atoms with Crippen LogP contribution in [0.5, 0.6) is 0 Å². The summed E-state index contributed by atoms with van der Waals surface area (Å²) >= 11 is 0. The summed E-state index contributed by atoms with van der Waals surface area (Å²) in [4.78, 5) is 11.0. The first-order chi connectivity index (χ1) is 5.25. The maximum atomic E-state index is 11.0. The Hall–Kier alpha value is -0.610. The molecule has 0 spiro atoms. The van der Waals surface area contributed by atoms with Crippen molar-refractivity contribution < 1.29 is 9.90 Å². The third kappa shape index (κ3) is 1.91. The van der Waals surface area contributed by atoms with Gasteiger partial charge in [0.05, 0.1) is 0 Å². The van der Waals surface area contributed by atoms with Crippen molar-refractivity contribution in [1.29, 1.82) is 0 Å². The Bertz CT molecular complexity index is 145. The van der Waals surface area contributed by atoms with Gasteiger partial charge in [-0.05, 0) is 6.92 Å². The maximum Gasteiger partial charge on any atom is 0.249 e. The topological polar surface area (TPSA) is 61.4 Å². The third-order valence-corrected chi connectivity index (χ3v) is 1.88. The Morgan fingerprint density at radius 2 is 2.45 bits per heavy atom. The number of aliphatic hydroxyl groups excluding tert-OH is 1. The number of hydrogen-bond acceptors (Lipinski definition) is 3. The molecule has 0 aromatic rings. The first-order valence-electron chi connectivity index (χ1n) is 3.92. The van der Waals surface area contributed by atoms with Crippen LogP contribution in [0.3, 0.4) is 0 Å². The van der Waals surface area contributed by atoms with Crippen molar-refractivity contribution in [1.82, 2.24) is 10.6 Å². The van der Waals surface area contributed by atoms with Gasteiger partial charge in [0.25, 0.3) is 0 Å². The fraction of sp³-hybridized carbons (Fsp3) is 0.857. The van der Waals surface area contributed by atoms with Gasteiger partial charge in [0.15, 0.2) is 0 Å². The Balaban J connectivity index is 2.27. The van der Waals surface area contributed by atoms with E-state index in [1.807, 2.05) is 6.92 Å². The first-order valence-corrected chi connectivity index (χ1v) is 3.92. The van der Waals surface area contributed by atoms with Crippen LogP contribution in [0, 0.1) is 5.92 Å². The van der Waals surface area contributed by atoms with Gasteiger partial charge in [-0.2, -0.15) is 0 Å². The third-order valence-electron chi connectivity index (χ3n) is 1.88. The average molecular weight is 158 g/mol. The van der Waals surface area contributed by atoms with Crippen molar-refractivity contribution in [2.75, 3.05) is 19.6 Å². The molecular weight excluding hydrogens is 144 g/mol. The lowest BCUT2D eigenvalue weighted by molar-refractivity contribution is -0.132. The number of hydrogen-bond donors (Lipinski definition) is 3. The fourth-order valence-corrected chi connectivity index (χ4v) is 1.03. The molecule has 0 aromatic heterocycles. The highest BCUT2D eigenvalue weighted by Gasteiger charge is 2.29. The van der Waals surface area contributed by atoms with Crippen molar-refractivity contribution in [3.63, 3.8) is 0 Å². The second-order valence-corrected chi connectivity index (χ2v) is 2.76. The van der Waals surface area contributed by atoms with E-state index < -0.39 is 6.10 Å². The first kappa shape index (κ1) is 8.49. The smallest absolute Gasteiger partial charge is 0.249 e. The van der Waals surface area contributed by atoms with Crippen LogP contribution in [0.4, 0.5) is 0 Å². The molecule has 4 heteroatoms. The largest absolute Gasteiger partial charge is 0.383 e. The van der Waals surface area contributed by atoms with Gasteiger partial charge in [-0.15, -0.1) is 0 Å². The van der Waals surface area contributed by atoms with Crippen LogP contribution in [0.15, 0.2) is 0 Å². The van der Waals surface area contributed by atoms with E-state index in [1.54, 1.807) is 0 Å². The molecule has 0 bridgehead atoms. The number of amides is 1. The number of rotatable bonds is 3. The highest BCUT2D eigenvalue weighted by Crippen LogP contribution is 2.08. The van der Waals surface area contributed by atoms with Gasteiger partial charge in [0.1, 0.15) is 6.10 Å². The van der Waals surface area contributed by atoms with E-state index in [1.165, 1.54) is 0 Å². The Morgan fingerprint density at radius 3 is 2.82 bits per heavy atom. The fourth-order valence-electron chi connectivity index (χ4n) is 1.03. The summed E-state index contributed by atoms with van der Waals surface area (Å²) in [6.45, 7) is 3.91. The minimum Gasteiger partial charge on any atom is -0.383 e. The molecule has 4 nitrogen and oxygen atoms in total. The average Bonchev–Trinajstić information content (AvgIpc) is 1.84. The molecule has 1 fully saturated rings. The van der Waals surface area contributed by atoms with Gasteiger partial charge in [-0.1, -0.05) is 0 Å². The quantitative estimate of drug-likeness (QED) is 0.478. The van der Waals surface area contributed by atoms with Crippen LogP contribution in [0.25, 0.3) is 0 Å². The number of aliphatic hydroxyl groups is 1. The van der Waals surface area contributed by atoms with Gasteiger partial charge in [0, 0.05) is 25.6 Å². The molecule has 1 unspecified atom stereocenters. The van der Waals surface area contributed by atoms with Crippen molar-refractivity contribution >= 4 is 5.91 Å². The van der Waals surface area contributed by atoms with Gasteiger partial charge in [-0.25, -0.2) is 0 Å². The lowest BCUT2D eigenvalue weighted by atomic mass is 9.96. The normalized spacial score (nSPS) is 20.5. The molecule has 1 amide bonds. The lowest BCUT2D eigenvalue weighted by Gasteiger charge is -2.30. The second kappa shape index (κ2) is 3.69. The molecule has 0 aliphatic carbocycles. The van der Waals surface area contributed by atoms with Gasteiger partial charge >= 0.3 is 0 Å². The maximum absolute atomic E-state index is 11.0. The predicted molar refractivity (Wildman–Crippen MR) is 41.1 cm³/mol. The zero-order chi connectivity index (χ0) is 8.27. The molecule has 1 saturated heterocycles. The van der Waals surface area contributed by atoms with Crippen LogP contribution < -0.4 is 10.6 Å². The van der Waals surface area contributed by atoms with Crippen LogP contribution in [0.2, 0.25) is 0 Å². The summed E-state index contributed by atoms with van der Waals surface area (Å²) in [7, 11) is 0. The highest BCUT2D eigenvalue weighted by atomic mass is 16.3. The molecule has 3 N–H and O–H groups in total. The van der Waals surface area contributed by atoms with E-state index in [0.717, 1.165) is 13.1 Å².